The van der Waals surface area contributed by atoms with Crippen LogP contribution in [0, 0.1) is 6.92 Å². The first-order chi connectivity index (χ1) is 12.3. The number of nitrogens with one attached hydrogen (secondary N) is 2. The molecule has 1 aliphatic heterocycles. The number of carbonyl (C=O) groups excluding carboxylic acids is 1. The fourth-order valence-corrected chi connectivity index (χ4v) is 4.70. The van der Waals surface area contributed by atoms with Gasteiger partial charge in [-0.1, -0.05) is 29.8 Å². The summed E-state index contributed by atoms with van der Waals surface area (Å²) in [5.41, 5.74) is 2.88. The van der Waals surface area contributed by atoms with Crippen molar-refractivity contribution in [2.75, 3.05) is 21.9 Å². The normalized spacial score (nSPS) is 15.7. The SMILES string of the molecule is Cc1ccc(NC(=O)NCc2cccc(Cl)c2)cc1N1CCCS1(=O)=O. The van der Waals surface area contributed by atoms with E-state index in [0.717, 1.165) is 11.1 Å². The van der Waals surface area contributed by atoms with Crippen LogP contribution in [0.4, 0.5) is 16.2 Å². The number of aryl methyl sites for hydroxylation is 1. The third kappa shape index (κ3) is 4.28. The van der Waals surface area contributed by atoms with Gasteiger partial charge in [-0.2, -0.15) is 0 Å². The molecule has 26 heavy (non-hydrogen) atoms. The summed E-state index contributed by atoms with van der Waals surface area (Å²) in [6.07, 6.45) is 0.611. The Morgan fingerprint density at radius 3 is 2.73 bits per heavy atom. The first-order valence-electron chi connectivity index (χ1n) is 8.25. The van der Waals surface area contributed by atoms with Gasteiger partial charge in [0, 0.05) is 23.8 Å². The summed E-state index contributed by atoms with van der Waals surface area (Å²) in [6.45, 7) is 2.66. The number of amides is 2. The molecule has 0 aromatic heterocycles. The third-order valence-electron chi connectivity index (χ3n) is 4.18. The summed E-state index contributed by atoms with van der Waals surface area (Å²) < 4.78 is 25.7. The molecule has 0 saturated carbocycles. The van der Waals surface area contributed by atoms with Crippen molar-refractivity contribution in [1.82, 2.24) is 5.32 Å². The minimum atomic E-state index is -3.27. The number of sulfonamides is 1. The summed E-state index contributed by atoms with van der Waals surface area (Å²) >= 11 is 5.93. The van der Waals surface area contributed by atoms with E-state index >= 15 is 0 Å². The molecule has 0 aliphatic carbocycles. The summed E-state index contributed by atoms with van der Waals surface area (Å²) in [4.78, 5) is 12.1. The second-order valence-electron chi connectivity index (χ2n) is 6.18. The molecule has 1 saturated heterocycles. The van der Waals surface area contributed by atoms with E-state index in [0.29, 0.717) is 35.9 Å². The van der Waals surface area contributed by atoms with Crippen LogP contribution in [-0.2, 0) is 16.6 Å². The van der Waals surface area contributed by atoms with E-state index in [-0.39, 0.29) is 11.8 Å². The number of halogens is 1. The lowest BCUT2D eigenvalue weighted by Gasteiger charge is -2.20. The molecule has 6 nitrogen and oxygen atoms in total. The standard InChI is InChI=1S/C18H20ClN3O3S/c1-13-6-7-16(11-17(13)22-8-3-9-26(22,24)25)21-18(23)20-12-14-4-2-5-15(19)10-14/h2,4-7,10-11H,3,8-9,12H2,1H3,(H2,20,21,23). The first kappa shape index (κ1) is 18.5. The van der Waals surface area contributed by atoms with Crippen molar-refractivity contribution in [3.8, 4) is 0 Å². The first-order valence-corrected chi connectivity index (χ1v) is 10.2. The van der Waals surface area contributed by atoms with E-state index < -0.39 is 10.0 Å². The van der Waals surface area contributed by atoms with Gasteiger partial charge < -0.3 is 10.6 Å². The zero-order chi connectivity index (χ0) is 18.7. The number of urea groups is 1. The van der Waals surface area contributed by atoms with Crippen molar-refractivity contribution in [2.24, 2.45) is 0 Å². The van der Waals surface area contributed by atoms with Crippen LogP contribution in [-0.4, -0.2) is 26.7 Å². The quantitative estimate of drug-likeness (QED) is 0.834. The second-order valence-corrected chi connectivity index (χ2v) is 8.63. The van der Waals surface area contributed by atoms with Gasteiger partial charge in [-0.15, -0.1) is 0 Å². The minimum absolute atomic E-state index is 0.157. The number of anilines is 2. The largest absolute Gasteiger partial charge is 0.334 e. The minimum Gasteiger partial charge on any atom is -0.334 e. The van der Waals surface area contributed by atoms with Crippen LogP contribution in [0.25, 0.3) is 0 Å². The number of nitrogens with zero attached hydrogens (tertiary/aromatic N) is 1. The van der Waals surface area contributed by atoms with Crippen molar-refractivity contribution in [3.05, 3.63) is 58.6 Å². The zero-order valence-electron chi connectivity index (χ0n) is 14.3. The van der Waals surface area contributed by atoms with Crippen LogP contribution >= 0.6 is 11.6 Å². The Morgan fingerprint density at radius 2 is 2.04 bits per heavy atom. The zero-order valence-corrected chi connectivity index (χ0v) is 15.9. The van der Waals surface area contributed by atoms with Gasteiger partial charge in [0.2, 0.25) is 10.0 Å². The molecule has 3 rings (SSSR count). The molecule has 1 aliphatic rings. The number of benzene rings is 2. The summed E-state index contributed by atoms with van der Waals surface area (Å²) in [5.74, 6) is 0.157. The van der Waals surface area contributed by atoms with Crippen molar-refractivity contribution >= 4 is 39.0 Å². The predicted octanol–water partition coefficient (Wildman–Crippen LogP) is 3.51. The molecular formula is C18H20ClN3O3S. The fourth-order valence-electron chi connectivity index (χ4n) is 2.87. The van der Waals surface area contributed by atoms with E-state index in [1.165, 1.54) is 4.31 Å². The average molecular weight is 394 g/mol. The van der Waals surface area contributed by atoms with Crippen molar-refractivity contribution < 1.29 is 13.2 Å². The van der Waals surface area contributed by atoms with Gasteiger partial charge in [0.15, 0.2) is 0 Å². The van der Waals surface area contributed by atoms with E-state index in [1.807, 2.05) is 19.1 Å². The molecule has 0 radical (unpaired) electrons. The maximum atomic E-state index is 12.2. The Hall–Kier alpha value is -2.25. The maximum absolute atomic E-state index is 12.2. The number of rotatable bonds is 4. The molecule has 0 bridgehead atoms. The Morgan fingerprint density at radius 1 is 1.23 bits per heavy atom. The predicted molar refractivity (Wildman–Crippen MR) is 104 cm³/mol. The second kappa shape index (κ2) is 7.55. The lowest BCUT2D eigenvalue weighted by molar-refractivity contribution is 0.251. The molecule has 1 heterocycles. The van der Waals surface area contributed by atoms with Gasteiger partial charge in [0.1, 0.15) is 0 Å². The molecule has 0 spiro atoms. The molecular weight excluding hydrogens is 374 g/mol. The van der Waals surface area contributed by atoms with Crippen LogP contribution in [0.15, 0.2) is 42.5 Å². The Kier molecular flexibility index (Phi) is 5.38. The lowest BCUT2D eigenvalue weighted by atomic mass is 10.1. The Balaban J connectivity index is 1.68. The highest BCUT2D eigenvalue weighted by atomic mass is 35.5. The van der Waals surface area contributed by atoms with Crippen LogP contribution in [0.1, 0.15) is 17.5 Å². The highest BCUT2D eigenvalue weighted by molar-refractivity contribution is 7.93. The van der Waals surface area contributed by atoms with Gasteiger partial charge in [-0.3, -0.25) is 4.31 Å². The average Bonchev–Trinajstić information content (AvgIpc) is 2.94. The van der Waals surface area contributed by atoms with Crippen molar-refractivity contribution in [1.29, 1.82) is 0 Å². The smallest absolute Gasteiger partial charge is 0.319 e. The molecule has 1 fully saturated rings. The molecule has 0 unspecified atom stereocenters. The van der Waals surface area contributed by atoms with E-state index in [1.54, 1.807) is 30.3 Å². The topological polar surface area (TPSA) is 78.5 Å². The van der Waals surface area contributed by atoms with Crippen LogP contribution in [0.3, 0.4) is 0 Å². The van der Waals surface area contributed by atoms with Gasteiger partial charge in [0.25, 0.3) is 0 Å². The van der Waals surface area contributed by atoms with Crippen LogP contribution < -0.4 is 14.9 Å². The maximum Gasteiger partial charge on any atom is 0.319 e. The number of carbonyl (C=O) groups is 1. The third-order valence-corrected chi connectivity index (χ3v) is 6.27. The number of hydrogen-bond donors (Lipinski definition) is 2. The highest BCUT2D eigenvalue weighted by Crippen LogP contribution is 2.29. The highest BCUT2D eigenvalue weighted by Gasteiger charge is 2.29. The summed E-state index contributed by atoms with van der Waals surface area (Å²) in [7, 11) is -3.27. The van der Waals surface area contributed by atoms with E-state index in [2.05, 4.69) is 10.6 Å². The van der Waals surface area contributed by atoms with Gasteiger partial charge in [-0.05, 0) is 48.7 Å². The van der Waals surface area contributed by atoms with E-state index in [4.69, 9.17) is 11.6 Å². The molecule has 138 valence electrons. The Bertz CT molecular complexity index is 931. The Labute approximate surface area is 158 Å². The monoisotopic (exact) mass is 393 g/mol. The lowest BCUT2D eigenvalue weighted by Crippen LogP contribution is -2.29. The molecule has 2 N–H and O–H groups in total. The molecule has 0 atom stereocenters. The fraction of sp³-hybridized carbons (Fsp3) is 0.278. The van der Waals surface area contributed by atoms with Crippen LogP contribution in [0.5, 0.6) is 0 Å². The summed E-state index contributed by atoms with van der Waals surface area (Å²) in [6, 6.07) is 12.1. The van der Waals surface area contributed by atoms with Crippen LogP contribution in [0.2, 0.25) is 5.02 Å². The molecule has 2 aromatic rings. The van der Waals surface area contributed by atoms with Gasteiger partial charge >= 0.3 is 6.03 Å². The summed E-state index contributed by atoms with van der Waals surface area (Å²) in [5, 5.41) is 6.11. The van der Waals surface area contributed by atoms with E-state index in [9.17, 15) is 13.2 Å². The molecule has 8 heteroatoms. The van der Waals surface area contributed by atoms with Crippen molar-refractivity contribution in [3.63, 3.8) is 0 Å². The van der Waals surface area contributed by atoms with Crippen molar-refractivity contribution in [2.45, 2.75) is 19.9 Å². The molecule has 2 amide bonds. The number of hydrogen-bond acceptors (Lipinski definition) is 3. The molecule has 2 aromatic carbocycles. The van der Waals surface area contributed by atoms with Gasteiger partial charge in [-0.25, -0.2) is 13.2 Å². The van der Waals surface area contributed by atoms with Gasteiger partial charge in [0.05, 0.1) is 11.4 Å².